The van der Waals surface area contributed by atoms with Crippen molar-refractivity contribution in [1.82, 2.24) is 5.48 Å². The number of hydrogen-bond donors (Lipinski definition) is 2. The molecular formula is C24H39NO3. The molecule has 4 nitrogen and oxygen atoms in total. The van der Waals surface area contributed by atoms with Crippen LogP contribution in [-0.4, -0.2) is 24.2 Å². The summed E-state index contributed by atoms with van der Waals surface area (Å²) >= 11 is 0. The SMILES string of the molecule is CC[C@H]1CC23C4CCC(CCCONC=O)C4(C)CCC2C32CC[C@@H](O)CC12. The summed E-state index contributed by atoms with van der Waals surface area (Å²) < 4.78 is 0. The van der Waals surface area contributed by atoms with E-state index in [1.165, 1.54) is 51.4 Å². The number of aliphatic hydroxyl groups excluding tert-OH is 1. The second kappa shape index (κ2) is 6.70. The monoisotopic (exact) mass is 389 g/mol. The highest BCUT2D eigenvalue weighted by Crippen LogP contribution is 2.92. The summed E-state index contributed by atoms with van der Waals surface area (Å²) in [6.07, 6.45) is 14.7. The molecule has 9 atom stereocenters. The van der Waals surface area contributed by atoms with Crippen molar-refractivity contribution < 1.29 is 14.7 Å². The molecule has 5 saturated carbocycles. The predicted octanol–water partition coefficient (Wildman–Crippen LogP) is 4.46. The second-order valence-electron chi connectivity index (χ2n) is 11.1. The quantitative estimate of drug-likeness (QED) is 0.384. The smallest absolute Gasteiger partial charge is 0.230 e. The summed E-state index contributed by atoms with van der Waals surface area (Å²) in [5.41, 5.74) is 4.05. The van der Waals surface area contributed by atoms with Crippen LogP contribution < -0.4 is 5.48 Å². The molecule has 1 amide bonds. The minimum absolute atomic E-state index is 0.0369. The lowest BCUT2D eigenvalue weighted by atomic mass is 9.59. The molecular weight excluding hydrogens is 350 g/mol. The third-order valence-electron chi connectivity index (χ3n) is 10.9. The van der Waals surface area contributed by atoms with Gasteiger partial charge in [-0.2, -0.15) is 0 Å². The third-order valence-corrected chi connectivity index (χ3v) is 10.9. The van der Waals surface area contributed by atoms with Crippen LogP contribution in [0.3, 0.4) is 0 Å². The van der Waals surface area contributed by atoms with Gasteiger partial charge in [0.1, 0.15) is 0 Å². The second-order valence-corrected chi connectivity index (χ2v) is 11.1. The number of hydrogen-bond acceptors (Lipinski definition) is 3. The van der Waals surface area contributed by atoms with E-state index in [1.807, 2.05) is 0 Å². The third kappa shape index (κ3) is 2.28. The summed E-state index contributed by atoms with van der Waals surface area (Å²) in [5.74, 6) is 4.36. The Labute approximate surface area is 170 Å². The fourth-order valence-electron chi connectivity index (χ4n) is 10.1. The number of aliphatic hydroxyl groups is 1. The van der Waals surface area contributed by atoms with Crippen molar-refractivity contribution in [3.63, 3.8) is 0 Å². The normalized spacial score (nSPS) is 53.7. The summed E-state index contributed by atoms with van der Waals surface area (Å²) in [6, 6.07) is 0. The van der Waals surface area contributed by atoms with E-state index < -0.39 is 0 Å². The molecule has 7 unspecified atom stereocenters. The van der Waals surface area contributed by atoms with Crippen LogP contribution in [0.15, 0.2) is 0 Å². The maximum absolute atomic E-state index is 10.4. The first-order valence-electron chi connectivity index (χ1n) is 12.0. The Kier molecular flexibility index (Phi) is 4.63. The molecule has 0 saturated heterocycles. The number of hydroxylamine groups is 1. The number of rotatable bonds is 7. The van der Waals surface area contributed by atoms with Crippen LogP contribution in [-0.2, 0) is 9.63 Å². The van der Waals surface area contributed by atoms with E-state index in [1.54, 1.807) is 0 Å². The van der Waals surface area contributed by atoms with E-state index in [0.29, 0.717) is 29.3 Å². The predicted molar refractivity (Wildman–Crippen MR) is 108 cm³/mol. The molecule has 5 aliphatic carbocycles. The minimum Gasteiger partial charge on any atom is -0.393 e. The molecule has 5 aliphatic rings. The molecule has 0 heterocycles. The molecule has 0 aromatic carbocycles. The highest BCUT2D eigenvalue weighted by molar-refractivity contribution is 5.43. The molecule has 4 heteroatoms. The van der Waals surface area contributed by atoms with Crippen molar-refractivity contribution in [2.24, 2.45) is 45.8 Å². The lowest BCUT2D eigenvalue weighted by Crippen LogP contribution is -2.39. The number of carbonyl (C=O) groups excluding carboxylic acids is 1. The Hall–Kier alpha value is -0.610. The minimum atomic E-state index is -0.0369. The van der Waals surface area contributed by atoms with E-state index in [-0.39, 0.29) is 6.10 Å². The highest BCUT2D eigenvalue weighted by atomic mass is 16.6. The largest absolute Gasteiger partial charge is 0.393 e. The van der Waals surface area contributed by atoms with Crippen LogP contribution in [0.2, 0.25) is 0 Å². The van der Waals surface area contributed by atoms with Gasteiger partial charge in [-0.25, -0.2) is 5.48 Å². The topological polar surface area (TPSA) is 58.6 Å². The molecule has 2 spiro atoms. The summed E-state index contributed by atoms with van der Waals surface area (Å²) in [4.78, 5) is 15.5. The van der Waals surface area contributed by atoms with Crippen LogP contribution in [0.1, 0.15) is 84.5 Å². The molecule has 0 aliphatic heterocycles. The van der Waals surface area contributed by atoms with Crippen molar-refractivity contribution in [2.75, 3.05) is 6.61 Å². The van der Waals surface area contributed by atoms with Crippen LogP contribution >= 0.6 is 0 Å². The molecule has 158 valence electrons. The van der Waals surface area contributed by atoms with Crippen molar-refractivity contribution in [3.8, 4) is 0 Å². The van der Waals surface area contributed by atoms with Gasteiger partial charge in [0.05, 0.1) is 12.7 Å². The van der Waals surface area contributed by atoms with Crippen LogP contribution in [0, 0.1) is 45.8 Å². The molecule has 2 N–H and O–H groups in total. The summed E-state index contributed by atoms with van der Waals surface area (Å²) in [7, 11) is 0. The summed E-state index contributed by atoms with van der Waals surface area (Å²) in [5, 5.41) is 10.4. The van der Waals surface area contributed by atoms with Crippen LogP contribution in [0.5, 0.6) is 0 Å². The molecule has 0 radical (unpaired) electrons. The highest BCUT2D eigenvalue weighted by Gasteiger charge is 2.87. The maximum atomic E-state index is 10.4. The van der Waals surface area contributed by atoms with Gasteiger partial charge in [0.15, 0.2) is 0 Å². The molecule has 5 rings (SSSR count). The van der Waals surface area contributed by atoms with Crippen molar-refractivity contribution in [2.45, 2.75) is 90.6 Å². The van der Waals surface area contributed by atoms with E-state index in [0.717, 1.165) is 48.9 Å². The van der Waals surface area contributed by atoms with Crippen LogP contribution in [0.4, 0.5) is 0 Å². The van der Waals surface area contributed by atoms with E-state index in [2.05, 4.69) is 19.3 Å². The van der Waals surface area contributed by atoms with E-state index in [9.17, 15) is 9.90 Å². The van der Waals surface area contributed by atoms with E-state index in [4.69, 9.17) is 4.84 Å². The first-order chi connectivity index (χ1) is 13.5. The average molecular weight is 390 g/mol. The van der Waals surface area contributed by atoms with Gasteiger partial charge in [-0.1, -0.05) is 20.3 Å². The Morgan fingerprint density at radius 3 is 2.79 bits per heavy atom. The van der Waals surface area contributed by atoms with Gasteiger partial charge in [0, 0.05) is 0 Å². The number of fused-ring (bicyclic) bond motifs is 1. The summed E-state index contributed by atoms with van der Waals surface area (Å²) in [6.45, 7) is 5.65. The van der Waals surface area contributed by atoms with E-state index >= 15 is 0 Å². The Morgan fingerprint density at radius 1 is 1.14 bits per heavy atom. The van der Waals surface area contributed by atoms with Gasteiger partial charge in [0.2, 0.25) is 6.41 Å². The van der Waals surface area contributed by atoms with Gasteiger partial charge in [-0.15, -0.1) is 0 Å². The van der Waals surface area contributed by atoms with Gasteiger partial charge < -0.3 is 5.11 Å². The molecule has 0 aromatic heterocycles. The van der Waals surface area contributed by atoms with Gasteiger partial charge >= 0.3 is 0 Å². The Balaban J connectivity index is 1.35. The average Bonchev–Trinajstić information content (AvgIpc) is 2.92. The number of carbonyl (C=O) groups is 1. The van der Waals surface area contributed by atoms with Crippen LogP contribution in [0.25, 0.3) is 0 Å². The van der Waals surface area contributed by atoms with Gasteiger partial charge in [-0.3, -0.25) is 9.63 Å². The first kappa shape index (κ1) is 19.4. The van der Waals surface area contributed by atoms with Crippen molar-refractivity contribution >= 4 is 6.41 Å². The maximum Gasteiger partial charge on any atom is 0.230 e. The zero-order valence-corrected chi connectivity index (χ0v) is 17.8. The Bertz CT molecular complexity index is 625. The molecule has 28 heavy (non-hydrogen) atoms. The molecule has 0 aromatic rings. The number of nitrogens with one attached hydrogen (secondary N) is 1. The molecule has 0 bridgehead atoms. The fraction of sp³-hybridized carbons (Fsp3) is 0.958. The van der Waals surface area contributed by atoms with Crippen molar-refractivity contribution in [1.29, 1.82) is 0 Å². The lowest BCUT2D eigenvalue weighted by molar-refractivity contribution is -0.120. The van der Waals surface area contributed by atoms with Crippen molar-refractivity contribution in [3.05, 3.63) is 0 Å². The van der Waals surface area contributed by atoms with Gasteiger partial charge in [0.25, 0.3) is 0 Å². The molecule has 5 fully saturated rings. The Morgan fingerprint density at radius 2 is 2.00 bits per heavy atom. The van der Waals surface area contributed by atoms with Gasteiger partial charge in [-0.05, 0) is 110 Å². The zero-order chi connectivity index (χ0) is 19.6. The fourth-order valence-corrected chi connectivity index (χ4v) is 10.1. The lowest BCUT2D eigenvalue weighted by Gasteiger charge is -2.46. The zero-order valence-electron chi connectivity index (χ0n) is 17.8. The first-order valence-corrected chi connectivity index (χ1v) is 12.0. The number of amides is 1. The standard InChI is InChI=1S/C24H39NO3/c1-3-16-14-24-20-7-6-17(5-4-12-28-25-15-26)22(20,2)10-9-21(24)23(24)11-8-18(27)13-19(16)23/h15-21,27H,3-14H2,1-2H3,(H,25,26)/t16-,17?,18+,19?,20?,21?,22?,23?,24?/m0/s1.